The van der Waals surface area contributed by atoms with Crippen molar-refractivity contribution in [1.82, 2.24) is 0 Å². The molecule has 0 bridgehead atoms. The second-order valence-corrected chi connectivity index (χ2v) is 14.7. The SMILES string of the molecule is CCCCCCC[N+](CC)(CC)CC.O=S(=O)(PS(=O)(=O)C(F)(F)F)C(F)(F)F. The number of rotatable bonds is 11. The lowest BCUT2D eigenvalue weighted by atomic mass is 10.1. The molecule has 0 saturated heterocycles. The average Bonchev–Trinajstić information content (AvgIpc) is 2.56. The van der Waals surface area contributed by atoms with Gasteiger partial charge in [-0.05, 0) is 33.6 Å². The predicted molar refractivity (Wildman–Crippen MR) is 104 cm³/mol. The molecule has 5 nitrogen and oxygen atoms in total. The molecule has 0 N–H and O–H groups in total. The standard InChI is InChI=1S/C13H30N.C2HF6O4PS2/c1-5-9-10-11-12-13-14(6-2,7-3)8-4;3-1(4,5)14(9,10)13-15(11,12)2(6,7)8/h5-13H2,1-4H3;13H/q+1;. The van der Waals surface area contributed by atoms with Crippen LogP contribution in [0.4, 0.5) is 26.3 Å². The maximum absolute atomic E-state index is 11.5. The van der Waals surface area contributed by atoms with E-state index in [1.807, 2.05) is 0 Å². The highest BCUT2D eigenvalue weighted by atomic mass is 33.1. The van der Waals surface area contributed by atoms with Crippen molar-refractivity contribution in [2.24, 2.45) is 0 Å². The molecule has 0 radical (unpaired) electrons. The molecule has 0 atom stereocenters. The van der Waals surface area contributed by atoms with Gasteiger partial charge in [0.05, 0.1) is 26.2 Å². The minimum Gasteiger partial charge on any atom is -0.324 e. The Morgan fingerprint density at radius 2 is 1.00 bits per heavy atom. The van der Waals surface area contributed by atoms with Gasteiger partial charge < -0.3 is 4.48 Å². The van der Waals surface area contributed by atoms with Crippen LogP contribution >= 0.6 is 6.98 Å². The van der Waals surface area contributed by atoms with Crippen LogP contribution in [0, 0.1) is 0 Å². The first kappa shape index (κ1) is 31.1. The highest BCUT2D eigenvalue weighted by Crippen LogP contribution is 2.46. The number of hydrogen-bond donors (Lipinski definition) is 0. The van der Waals surface area contributed by atoms with Crippen molar-refractivity contribution >= 4 is 25.9 Å². The molecule has 14 heteroatoms. The maximum atomic E-state index is 11.5. The largest absolute Gasteiger partial charge is 0.501 e. The summed E-state index contributed by atoms with van der Waals surface area (Å²) in [5.74, 6) is 0. The normalized spacial score (nSPS) is 13.7. The lowest BCUT2D eigenvalue weighted by Crippen LogP contribution is -2.48. The van der Waals surface area contributed by atoms with E-state index in [4.69, 9.17) is 0 Å². The second kappa shape index (κ2) is 12.7. The Hall–Kier alpha value is -0.130. The quantitative estimate of drug-likeness (QED) is 0.170. The van der Waals surface area contributed by atoms with E-state index in [2.05, 4.69) is 27.7 Å². The number of halogens is 6. The molecule has 0 rings (SSSR count). The Bertz CT molecular complexity index is 609. The summed E-state index contributed by atoms with van der Waals surface area (Å²) >= 11 is 0. The number of quaternary nitrogens is 1. The summed E-state index contributed by atoms with van der Waals surface area (Å²) in [4.78, 5) is 0. The van der Waals surface area contributed by atoms with Crippen LogP contribution in [0.5, 0.6) is 0 Å². The number of hydrogen-bond acceptors (Lipinski definition) is 4. The monoisotopic (exact) mass is 498 g/mol. The van der Waals surface area contributed by atoms with E-state index < -0.39 is 36.9 Å². The van der Waals surface area contributed by atoms with Gasteiger partial charge in [0.15, 0.2) is 0 Å². The van der Waals surface area contributed by atoms with Crippen LogP contribution in [-0.4, -0.2) is 58.5 Å². The number of nitrogens with zero attached hydrogens (tertiary/aromatic N) is 1. The fourth-order valence-corrected chi connectivity index (χ4v) is 8.65. The molecule has 0 aromatic heterocycles. The Labute approximate surface area is 170 Å². The molecular formula is C15H31F6NO4PS2+. The zero-order valence-electron chi connectivity index (χ0n) is 17.0. The van der Waals surface area contributed by atoms with Gasteiger partial charge in [0.1, 0.15) is 6.98 Å². The number of alkyl halides is 6. The predicted octanol–water partition coefficient (Wildman–Crippen LogP) is 5.20. The molecule has 0 aliphatic rings. The molecule has 0 aromatic carbocycles. The van der Waals surface area contributed by atoms with E-state index in [1.165, 1.54) is 62.8 Å². The van der Waals surface area contributed by atoms with Crippen molar-refractivity contribution in [3.8, 4) is 0 Å². The van der Waals surface area contributed by atoms with Gasteiger partial charge in [-0.2, -0.15) is 26.3 Å². The summed E-state index contributed by atoms with van der Waals surface area (Å²) in [5, 5.41) is 0. The zero-order chi connectivity index (χ0) is 23.6. The van der Waals surface area contributed by atoms with Crippen molar-refractivity contribution in [3.63, 3.8) is 0 Å². The van der Waals surface area contributed by atoms with Crippen molar-refractivity contribution in [2.45, 2.75) is 70.8 Å². The van der Waals surface area contributed by atoms with Crippen molar-refractivity contribution < 1.29 is 47.7 Å². The first-order chi connectivity index (χ1) is 12.9. The van der Waals surface area contributed by atoms with Crippen LogP contribution in [0.2, 0.25) is 0 Å². The van der Waals surface area contributed by atoms with Crippen LogP contribution in [-0.2, 0) is 18.9 Å². The lowest BCUT2D eigenvalue weighted by molar-refractivity contribution is -0.923. The highest BCUT2D eigenvalue weighted by Gasteiger charge is 2.55. The van der Waals surface area contributed by atoms with Gasteiger partial charge >= 0.3 is 11.0 Å². The van der Waals surface area contributed by atoms with Crippen LogP contribution in [0.3, 0.4) is 0 Å². The van der Waals surface area contributed by atoms with Crippen molar-refractivity contribution in [3.05, 3.63) is 0 Å². The third-order valence-corrected chi connectivity index (χ3v) is 12.9. The number of unbranched alkanes of at least 4 members (excludes halogenated alkanes) is 4. The minimum atomic E-state index is -6.32. The summed E-state index contributed by atoms with van der Waals surface area (Å²) in [5.41, 5.74) is -12.0. The summed E-state index contributed by atoms with van der Waals surface area (Å²) < 4.78 is 111. The van der Waals surface area contributed by atoms with Crippen molar-refractivity contribution in [1.29, 1.82) is 0 Å². The first-order valence-electron chi connectivity index (χ1n) is 9.21. The molecular weight excluding hydrogens is 467 g/mol. The van der Waals surface area contributed by atoms with Gasteiger partial charge in [0.25, 0.3) is 18.9 Å². The molecule has 0 unspecified atom stereocenters. The maximum Gasteiger partial charge on any atom is 0.501 e. The average molecular weight is 499 g/mol. The van der Waals surface area contributed by atoms with E-state index >= 15 is 0 Å². The third-order valence-electron chi connectivity index (χ3n) is 4.58. The fraction of sp³-hybridized carbons (Fsp3) is 1.00. The summed E-state index contributed by atoms with van der Waals surface area (Å²) in [6, 6.07) is 0. The molecule has 0 fully saturated rings. The lowest BCUT2D eigenvalue weighted by Gasteiger charge is -2.35. The van der Waals surface area contributed by atoms with Crippen LogP contribution in [0.1, 0.15) is 59.8 Å². The molecule has 0 amide bonds. The molecule has 29 heavy (non-hydrogen) atoms. The third kappa shape index (κ3) is 11.2. The van der Waals surface area contributed by atoms with E-state index in [9.17, 15) is 43.2 Å². The Morgan fingerprint density at radius 1 is 0.655 bits per heavy atom. The molecule has 0 aliphatic heterocycles. The van der Waals surface area contributed by atoms with Gasteiger partial charge in [-0.25, -0.2) is 16.8 Å². The van der Waals surface area contributed by atoms with Crippen LogP contribution in [0.15, 0.2) is 0 Å². The van der Waals surface area contributed by atoms with Gasteiger partial charge in [-0.1, -0.05) is 26.2 Å². The van der Waals surface area contributed by atoms with Crippen LogP contribution in [0.25, 0.3) is 0 Å². The molecule has 0 saturated carbocycles. The van der Waals surface area contributed by atoms with Gasteiger partial charge in [-0.3, -0.25) is 0 Å². The Morgan fingerprint density at radius 3 is 1.28 bits per heavy atom. The molecule has 0 aliphatic carbocycles. The van der Waals surface area contributed by atoms with Gasteiger partial charge in [-0.15, -0.1) is 0 Å². The zero-order valence-corrected chi connectivity index (χ0v) is 19.7. The summed E-state index contributed by atoms with van der Waals surface area (Å²) in [6.07, 6.45) is 7.08. The van der Waals surface area contributed by atoms with E-state index in [1.54, 1.807) is 0 Å². The fourth-order valence-electron chi connectivity index (χ4n) is 2.43. The Balaban J connectivity index is 0. The van der Waals surface area contributed by atoms with Gasteiger partial charge in [0.2, 0.25) is 0 Å². The van der Waals surface area contributed by atoms with Crippen LogP contribution < -0.4 is 0 Å². The molecule has 0 heterocycles. The minimum absolute atomic E-state index is 1.31. The van der Waals surface area contributed by atoms with E-state index in [0.717, 1.165) is 0 Å². The summed E-state index contributed by atoms with van der Waals surface area (Å²) in [6.45, 7) is 11.3. The smallest absolute Gasteiger partial charge is 0.324 e. The Kier molecular flexibility index (Phi) is 13.6. The first-order valence-corrected chi connectivity index (χ1v) is 14.6. The summed E-state index contributed by atoms with van der Waals surface area (Å²) in [7, 11) is -12.6. The molecule has 178 valence electrons. The second-order valence-electron chi connectivity index (χ2n) is 6.41. The van der Waals surface area contributed by atoms with E-state index in [0.29, 0.717) is 0 Å². The topological polar surface area (TPSA) is 68.3 Å². The van der Waals surface area contributed by atoms with E-state index in [-0.39, 0.29) is 0 Å². The molecule has 0 spiro atoms. The van der Waals surface area contributed by atoms with Crippen molar-refractivity contribution in [2.75, 3.05) is 26.2 Å². The molecule has 0 aromatic rings. The van der Waals surface area contributed by atoms with Gasteiger partial charge in [0, 0.05) is 0 Å². The highest BCUT2D eigenvalue weighted by molar-refractivity contribution is 8.76.